The summed E-state index contributed by atoms with van der Waals surface area (Å²) in [5, 5.41) is 0. The predicted molar refractivity (Wildman–Crippen MR) is 44.9 cm³/mol. The molecular formula is C8H7F3N2O2. The number of aromatic nitrogens is 1. The fourth-order valence-corrected chi connectivity index (χ4v) is 0.932. The van der Waals surface area contributed by atoms with E-state index in [2.05, 4.69) is 9.72 Å². The molecule has 0 fully saturated rings. The Bertz CT molecular complexity index is 396. The van der Waals surface area contributed by atoms with Gasteiger partial charge in [-0.3, -0.25) is 0 Å². The highest BCUT2D eigenvalue weighted by Gasteiger charge is 2.20. The summed E-state index contributed by atoms with van der Waals surface area (Å²) in [7, 11) is 1.01. The molecule has 0 saturated heterocycles. The van der Waals surface area contributed by atoms with Crippen molar-refractivity contribution in [2.45, 2.75) is 6.43 Å². The van der Waals surface area contributed by atoms with Gasteiger partial charge in [0, 0.05) is 0 Å². The van der Waals surface area contributed by atoms with Gasteiger partial charge in [-0.1, -0.05) is 0 Å². The fourth-order valence-electron chi connectivity index (χ4n) is 0.932. The molecule has 82 valence electrons. The molecule has 1 aromatic rings. The number of nitrogens with zero attached hydrogens (tertiary/aromatic N) is 1. The number of esters is 1. The van der Waals surface area contributed by atoms with Gasteiger partial charge in [0.1, 0.15) is 5.82 Å². The fraction of sp³-hybridized carbons (Fsp3) is 0.250. The van der Waals surface area contributed by atoms with Crippen LogP contribution in [0.4, 0.5) is 19.0 Å². The first-order chi connectivity index (χ1) is 6.97. The molecule has 0 unspecified atom stereocenters. The summed E-state index contributed by atoms with van der Waals surface area (Å²) < 4.78 is 41.7. The maximum absolute atomic E-state index is 13.1. The summed E-state index contributed by atoms with van der Waals surface area (Å²) in [5.74, 6) is -2.85. The minimum absolute atomic E-state index is 0.471. The van der Waals surface area contributed by atoms with Gasteiger partial charge < -0.3 is 10.5 Å². The van der Waals surface area contributed by atoms with Crippen LogP contribution in [0.2, 0.25) is 0 Å². The topological polar surface area (TPSA) is 65.2 Å². The number of pyridine rings is 1. The number of hydrogen-bond acceptors (Lipinski definition) is 4. The van der Waals surface area contributed by atoms with Crippen LogP contribution in [0.15, 0.2) is 6.07 Å². The maximum atomic E-state index is 13.1. The molecule has 0 bridgehead atoms. The second-order valence-electron chi connectivity index (χ2n) is 2.59. The molecule has 1 rings (SSSR count). The van der Waals surface area contributed by atoms with Gasteiger partial charge in [-0.05, 0) is 6.07 Å². The third-order valence-electron chi connectivity index (χ3n) is 1.65. The van der Waals surface area contributed by atoms with Crippen LogP contribution in [0.25, 0.3) is 0 Å². The zero-order valence-electron chi connectivity index (χ0n) is 7.63. The molecule has 1 aromatic heterocycles. The van der Waals surface area contributed by atoms with Crippen LogP contribution in [0.5, 0.6) is 0 Å². The van der Waals surface area contributed by atoms with Gasteiger partial charge in [0.2, 0.25) is 0 Å². The SMILES string of the molecule is COC(=O)c1nc(N)c(C(F)F)cc1F. The van der Waals surface area contributed by atoms with Crippen molar-refractivity contribution in [1.29, 1.82) is 0 Å². The van der Waals surface area contributed by atoms with Gasteiger partial charge in [-0.2, -0.15) is 0 Å². The lowest BCUT2D eigenvalue weighted by Gasteiger charge is -2.06. The normalized spacial score (nSPS) is 10.5. The Kier molecular flexibility index (Phi) is 3.13. The average molecular weight is 220 g/mol. The van der Waals surface area contributed by atoms with Gasteiger partial charge in [0.15, 0.2) is 11.5 Å². The predicted octanol–water partition coefficient (Wildman–Crippen LogP) is 1.53. The molecule has 15 heavy (non-hydrogen) atoms. The monoisotopic (exact) mass is 220 g/mol. The van der Waals surface area contributed by atoms with Crippen molar-refractivity contribution < 1.29 is 22.7 Å². The molecule has 2 N–H and O–H groups in total. The minimum atomic E-state index is -2.95. The third-order valence-corrected chi connectivity index (χ3v) is 1.65. The van der Waals surface area contributed by atoms with E-state index >= 15 is 0 Å². The molecule has 0 atom stereocenters. The van der Waals surface area contributed by atoms with E-state index in [1.165, 1.54) is 0 Å². The van der Waals surface area contributed by atoms with E-state index in [0.29, 0.717) is 6.07 Å². The van der Waals surface area contributed by atoms with Crippen LogP contribution in [0, 0.1) is 5.82 Å². The molecular weight excluding hydrogens is 213 g/mol. The summed E-state index contributed by atoms with van der Waals surface area (Å²) in [4.78, 5) is 14.1. The Hall–Kier alpha value is -1.79. The lowest BCUT2D eigenvalue weighted by molar-refractivity contribution is 0.0587. The van der Waals surface area contributed by atoms with Crippen LogP contribution in [-0.4, -0.2) is 18.1 Å². The standard InChI is InChI=1S/C8H7F3N2O2/c1-15-8(14)5-4(9)2-3(6(10)11)7(12)13-5/h2,6H,1H3,(H2,12,13). The molecule has 4 nitrogen and oxygen atoms in total. The van der Waals surface area contributed by atoms with Crippen molar-refractivity contribution in [2.75, 3.05) is 12.8 Å². The van der Waals surface area contributed by atoms with E-state index in [1.807, 2.05) is 0 Å². The summed E-state index contributed by atoms with van der Waals surface area (Å²) in [6.45, 7) is 0. The Morgan fingerprint density at radius 2 is 2.20 bits per heavy atom. The molecule has 0 radical (unpaired) electrons. The number of alkyl halides is 2. The highest BCUT2D eigenvalue weighted by Crippen LogP contribution is 2.25. The molecule has 0 aliphatic rings. The number of carbonyl (C=O) groups is 1. The smallest absolute Gasteiger partial charge is 0.359 e. The lowest BCUT2D eigenvalue weighted by Crippen LogP contribution is -2.11. The number of carbonyl (C=O) groups excluding carboxylic acids is 1. The Morgan fingerprint density at radius 1 is 1.60 bits per heavy atom. The molecule has 7 heteroatoms. The second kappa shape index (κ2) is 4.16. The minimum Gasteiger partial charge on any atom is -0.464 e. The van der Waals surface area contributed by atoms with Crippen LogP contribution < -0.4 is 5.73 Å². The first-order valence-corrected chi connectivity index (χ1v) is 3.79. The summed E-state index contributed by atoms with van der Waals surface area (Å²) in [6.07, 6.45) is -2.95. The molecule has 0 aliphatic heterocycles. The van der Waals surface area contributed by atoms with E-state index < -0.39 is 35.3 Å². The van der Waals surface area contributed by atoms with Crippen molar-refractivity contribution in [3.05, 3.63) is 23.1 Å². The maximum Gasteiger partial charge on any atom is 0.359 e. The molecule has 0 aromatic carbocycles. The lowest BCUT2D eigenvalue weighted by atomic mass is 10.2. The largest absolute Gasteiger partial charge is 0.464 e. The zero-order chi connectivity index (χ0) is 11.6. The zero-order valence-corrected chi connectivity index (χ0v) is 7.63. The Labute approximate surface area is 82.9 Å². The highest BCUT2D eigenvalue weighted by molar-refractivity contribution is 5.88. The first-order valence-electron chi connectivity index (χ1n) is 3.79. The van der Waals surface area contributed by atoms with Crippen LogP contribution >= 0.6 is 0 Å². The van der Waals surface area contributed by atoms with Crippen LogP contribution in [-0.2, 0) is 4.74 Å². The van der Waals surface area contributed by atoms with Crippen molar-refractivity contribution >= 4 is 11.8 Å². The number of anilines is 1. The molecule has 0 amide bonds. The molecule has 1 heterocycles. The van der Waals surface area contributed by atoms with Gasteiger partial charge in [0.25, 0.3) is 6.43 Å². The number of hydrogen-bond donors (Lipinski definition) is 1. The number of ether oxygens (including phenoxy) is 1. The summed E-state index contributed by atoms with van der Waals surface area (Å²) in [6, 6.07) is 0.471. The molecule has 0 saturated carbocycles. The van der Waals surface area contributed by atoms with Crippen LogP contribution in [0.1, 0.15) is 22.5 Å². The van der Waals surface area contributed by atoms with Gasteiger partial charge in [-0.25, -0.2) is 22.9 Å². The van der Waals surface area contributed by atoms with E-state index in [1.54, 1.807) is 0 Å². The average Bonchev–Trinajstić information content (AvgIpc) is 2.19. The molecule has 0 aliphatic carbocycles. The number of halogens is 3. The molecule has 0 spiro atoms. The highest BCUT2D eigenvalue weighted by atomic mass is 19.3. The summed E-state index contributed by atoms with van der Waals surface area (Å²) >= 11 is 0. The van der Waals surface area contributed by atoms with E-state index in [-0.39, 0.29) is 0 Å². The number of nitrogens with two attached hydrogens (primary N) is 1. The van der Waals surface area contributed by atoms with Gasteiger partial charge in [-0.15, -0.1) is 0 Å². The van der Waals surface area contributed by atoms with Crippen molar-refractivity contribution in [3.63, 3.8) is 0 Å². The first kappa shape index (κ1) is 11.3. The van der Waals surface area contributed by atoms with Crippen LogP contribution in [0.3, 0.4) is 0 Å². The third kappa shape index (κ3) is 2.17. The Balaban J connectivity index is 3.25. The summed E-state index contributed by atoms with van der Waals surface area (Å²) in [5.41, 5.74) is 3.66. The quantitative estimate of drug-likeness (QED) is 0.767. The van der Waals surface area contributed by atoms with E-state index in [4.69, 9.17) is 5.73 Å². The number of rotatable bonds is 2. The van der Waals surface area contributed by atoms with Crippen molar-refractivity contribution in [2.24, 2.45) is 0 Å². The van der Waals surface area contributed by atoms with Crippen molar-refractivity contribution in [1.82, 2.24) is 4.98 Å². The van der Waals surface area contributed by atoms with Gasteiger partial charge in [0.05, 0.1) is 12.7 Å². The van der Waals surface area contributed by atoms with E-state index in [9.17, 15) is 18.0 Å². The number of nitrogen functional groups attached to an aromatic ring is 1. The van der Waals surface area contributed by atoms with E-state index in [0.717, 1.165) is 7.11 Å². The number of methoxy groups -OCH3 is 1. The Morgan fingerprint density at radius 3 is 2.67 bits per heavy atom. The van der Waals surface area contributed by atoms with Gasteiger partial charge >= 0.3 is 5.97 Å². The second-order valence-corrected chi connectivity index (χ2v) is 2.59. The van der Waals surface area contributed by atoms with Crippen molar-refractivity contribution in [3.8, 4) is 0 Å².